The molecule has 1 aromatic carbocycles. The van der Waals surface area contributed by atoms with Crippen molar-refractivity contribution in [3.8, 4) is 5.75 Å². The number of nitrogens with one attached hydrogen (secondary N) is 2. The van der Waals surface area contributed by atoms with Crippen LogP contribution in [0.1, 0.15) is 45.6 Å². The topological polar surface area (TPSA) is 166 Å². The van der Waals surface area contributed by atoms with Crippen molar-refractivity contribution in [3.05, 3.63) is 52.4 Å². The Morgan fingerprint density at radius 1 is 1.22 bits per heavy atom. The van der Waals surface area contributed by atoms with E-state index in [0.717, 1.165) is 0 Å². The van der Waals surface area contributed by atoms with Gasteiger partial charge in [0.2, 0.25) is 10.0 Å². The van der Waals surface area contributed by atoms with Crippen LogP contribution in [0.2, 0.25) is 0 Å². The number of fused-ring (bicyclic) bond motifs is 2. The summed E-state index contributed by atoms with van der Waals surface area (Å²) in [5, 5.41) is 14.3. The molecule has 11 nitrogen and oxygen atoms in total. The fraction of sp³-hybridized carbons (Fsp3) is 0.375. The molecule has 3 aromatic rings. The average molecular weight is 550 g/mol. The molecular weight excluding hydrogens is 518 g/mol. The number of hydrogen-bond donors (Lipinski definition) is 5. The first-order valence-electron chi connectivity index (χ1n) is 11.9. The number of benzene rings is 1. The average Bonchev–Trinajstić information content (AvgIpc) is 2.82. The summed E-state index contributed by atoms with van der Waals surface area (Å²) in [6.45, 7) is 6.28. The van der Waals surface area contributed by atoms with Crippen molar-refractivity contribution >= 4 is 49.0 Å². The summed E-state index contributed by atoms with van der Waals surface area (Å²) in [6.07, 6.45) is 3.42. The lowest BCUT2D eigenvalue weighted by molar-refractivity contribution is 0.473. The molecule has 0 aliphatic carbocycles. The molecule has 0 amide bonds. The third-order valence-electron chi connectivity index (χ3n) is 5.95. The maximum Gasteiger partial charge on any atom is 0.267 e. The highest BCUT2D eigenvalue weighted by Crippen LogP contribution is 2.56. The molecule has 1 aliphatic heterocycles. The minimum Gasteiger partial charge on any atom is -0.506 e. The largest absolute Gasteiger partial charge is 0.506 e. The summed E-state index contributed by atoms with van der Waals surface area (Å²) < 4.78 is 54.3. The van der Waals surface area contributed by atoms with Gasteiger partial charge in [-0.2, -0.15) is 0 Å². The maximum absolute atomic E-state index is 13.5. The molecular formula is C24H31N5O6S2. The number of pyridine rings is 2. The van der Waals surface area contributed by atoms with E-state index in [9.17, 15) is 27.4 Å². The zero-order chi connectivity index (χ0) is 27.0. The van der Waals surface area contributed by atoms with Gasteiger partial charge in [0.1, 0.15) is 21.9 Å². The molecule has 0 atom stereocenters. The Hall–Kier alpha value is -3.13. The van der Waals surface area contributed by atoms with Crippen LogP contribution in [0.5, 0.6) is 5.75 Å². The van der Waals surface area contributed by atoms with E-state index in [1.54, 1.807) is 12.1 Å². The number of aromatic hydroxyl groups is 1. The Morgan fingerprint density at radius 2 is 1.97 bits per heavy atom. The van der Waals surface area contributed by atoms with Crippen molar-refractivity contribution < 1.29 is 22.6 Å². The van der Waals surface area contributed by atoms with Crippen molar-refractivity contribution in [1.82, 2.24) is 9.55 Å². The van der Waals surface area contributed by atoms with Gasteiger partial charge in [-0.15, -0.1) is 4.40 Å². The predicted molar refractivity (Wildman–Crippen MR) is 147 cm³/mol. The highest BCUT2D eigenvalue weighted by Gasteiger charge is 2.31. The minimum atomic E-state index is -3.84. The van der Waals surface area contributed by atoms with E-state index in [-0.39, 0.29) is 39.2 Å². The maximum atomic E-state index is 13.5. The van der Waals surface area contributed by atoms with Crippen molar-refractivity contribution in [2.45, 2.75) is 51.5 Å². The van der Waals surface area contributed by atoms with Gasteiger partial charge in [0.05, 0.1) is 22.5 Å². The van der Waals surface area contributed by atoms with Gasteiger partial charge >= 0.3 is 0 Å². The summed E-state index contributed by atoms with van der Waals surface area (Å²) in [7, 11) is -7.45. The number of rotatable bonds is 9. The number of aryl methyl sites for hydroxylation is 1. The van der Waals surface area contributed by atoms with Crippen molar-refractivity contribution in [3.63, 3.8) is 0 Å². The first-order chi connectivity index (χ1) is 17.4. The molecule has 0 saturated carbocycles. The van der Waals surface area contributed by atoms with Gasteiger partial charge in [-0.25, -0.2) is 13.4 Å². The van der Waals surface area contributed by atoms with E-state index in [4.69, 9.17) is 0 Å². The van der Waals surface area contributed by atoms with Gasteiger partial charge in [-0.3, -0.25) is 23.2 Å². The van der Waals surface area contributed by atoms with Gasteiger partial charge in [-0.1, -0.05) is 38.0 Å². The van der Waals surface area contributed by atoms with Crippen LogP contribution in [0, 0.1) is 5.92 Å². The second-order valence-electron chi connectivity index (χ2n) is 9.31. The van der Waals surface area contributed by atoms with Gasteiger partial charge in [0, 0.05) is 12.7 Å². The lowest BCUT2D eigenvalue weighted by atomic mass is 10.1. The zero-order valence-electron chi connectivity index (χ0n) is 20.8. The van der Waals surface area contributed by atoms with E-state index in [0.29, 0.717) is 42.8 Å². The Balaban J connectivity index is 1.78. The van der Waals surface area contributed by atoms with Crippen molar-refractivity contribution in [1.29, 1.82) is 0 Å². The third kappa shape index (κ3) is 5.59. The van der Waals surface area contributed by atoms with E-state index >= 15 is 0 Å². The Labute approximate surface area is 216 Å². The van der Waals surface area contributed by atoms with Crippen molar-refractivity contribution in [2.24, 2.45) is 10.3 Å². The van der Waals surface area contributed by atoms with Crippen LogP contribution in [0.3, 0.4) is 0 Å². The van der Waals surface area contributed by atoms with E-state index < -0.39 is 26.4 Å². The molecule has 0 bridgehead atoms. The van der Waals surface area contributed by atoms with E-state index in [1.807, 2.05) is 20.8 Å². The molecule has 200 valence electrons. The molecule has 3 heterocycles. The summed E-state index contributed by atoms with van der Waals surface area (Å²) in [5.74, 6) is -0.328. The Kier molecular flexibility index (Phi) is 7.51. The molecule has 1 aliphatic rings. The monoisotopic (exact) mass is 549 g/mol. The molecule has 0 unspecified atom stereocenters. The van der Waals surface area contributed by atoms with Gasteiger partial charge < -0.3 is 10.4 Å². The molecule has 0 fully saturated rings. The third-order valence-corrected chi connectivity index (χ3v) is 8.69. The zero-order valence-corrected chi connectivity index (χ0v) is 22.4. The molecule has 0 radical (unpaired) electrons. The second kappa shape index (κ2) is 10.3. The predicted octanol–water partition coefficient (Wildman–Crippen LogP) is 4.59. The normalized spacial score (nSPS) is 15.7. The smallest absolute Gasteiger partial charge is 0.267 e. The number of sulfonamides is 1. The summed E-state index contributed by atoms with van der Waals surface area (Å²) >= 11 is 0. The highest BCUT2D eigenvalue weighted by atomic mass is 32.3. The number of amidine groups is 1. The minimum absolute atomic E-state index is 0.0333. The molecule has 2 aromatic heterocycles. The number of nitrogens with zero attached hydrogens (tertiary/aromatic N) is 3. The van der Waals surface area contributed by atoms with Crippen LogP contribution in [0.25, 0.3) is 11.0 Å². The highest BCUT2D eigenvalue weighted by molar-refractivity contribution is 8.23. The van der Waals surface area contributed by atoms with E-state index in [2.05, 4.69) is 19.4 Å². The Bertz CT molecular complexity index is 1530. The molecule has 5 N–H and O–H groups in total. The fourth-order valence-corrected chi connectivity index (χ4v) is 6.43. The standard InChI is InChI=1S/C24H31N5O6S2/c1-4-5-13-36(32,33)27-16-8-9-18-19(14-16)37(34,35)28-22(26-18)20-21(30)17-7-6-11-25-23(17)29(24(20)31)12-10-15(2)3/h6-9,11,14-15,27,30,34-35H,4-5,10,12-13H2,1-3H3,(H,26,28). The van der Waals surface area contributed by atoms with Crippen LogP contribution in [0.4, 0.5) is 11.4 Å². The molecule has 13 heteroatoms. The fourth-order valence-electron chi connectivity index (χ4n) is 3.99. The van der Waals surface area contributed by atoms with Gasteiger partial charge in [-0.05, 0) is 49.1 Å². The summed E-state index contributed by atoms with van der Waals surface area (Å²) in [5.41, 5.74) is -0.0853. The van der Waals surface area contributed by atoms with Crippen LogP contribution >= 0.6 is 10.8 Å². The lowest BCUT2D eigenvalue weighted by Crippen LogP contribution is -2.32. The number of unbranched alkanes of at least 4 members (excludes halogenated alkanes) is 1. The Morgan fingerprint density at radius 3 is 2.68 bits per heavy atom. The number of anilines is 2. The van der Waals surface area contributed by atoms with Gasteiger partial charge in [0.15, 0.2) is 5.84 Å². The first kappa shape index (κ1) is 26.9. The van der Waals surface area contributed by atoms with Gasteiger partial charge in [0.25, 0.3) is 5.56 Å². The summed E-state index contributed by atoms with van der Waals surface area (Å²) in [6, 6.07) is 7.49. The van der Waals surface area contributed by atoms with Crippen LogP contribution in [-0.2, 0) is 16.6 Å². The summed E-state index contributed by atoms with van der Waals surface area (Å²) in [4.78, 5) is 17.8. The molecule has 37 heavy (non-hydrogen) atoms. The second-order valence-corrected chi connectivity index (χ2v) is 12.8. The van der Waals surface area contributed by atoms with Crippen LogP contribution in [0.15, 0.2) is 50.6 Å². The van der Waals surface area contributed by atoms with Crippen LogP contribution < -0.4 is 15.6 Å². The first-order valence-corrected chi connectivity index (χ1v) is 15.1. The molecule has 4 rings (SSSR count). The SMILES string of the molecule is CCCCS(=O)(=O)Nc1ccc2c(c1)S(O)(O)N=C(c1c(O)c3cccnc3n(CCC(C)C)c1=O)N2. The van der Waals surface area contributed by atoms with E-state index in [1.165, 1.54) is 29.0 Å². The lowest BCUT2D eigenvalue weighted by Gasteiger charge is -2.34. The number of hydrogen-bond acceptors (Lipinski definition) is 9. The molecule has 0 spiro atoms. The number of aromatic nitrogens is 2. The quantitative estimate of drug-likeness (QED) is 0.258. The molecule has 0 saturated heterocycles. The van der Waals surface area contributed by atoms with Crippen LogP contribution in [-0.4, -0.2) is 43.8 Å². The van der Waals surface area contributed by atoms with Crippen molar-refractivity contribution in [2.75, 3.05) is 15.8 Å².